The molecule has 1 unspecified atom stereocenters. The van der Waals surface area contributed by atoms with Crippen molar-refractivity contribution in [2.45, 2.75) is 43.7 Å². The van der Waals surface area contributed by atoms with Gasteiger partial charge in [0.1, 0.15) is 0 Å². The Bertz CT molecular complexity index is 955. The summed E-state index contributed by atoms with van der Waals surface area (Å²) in [5, 5.41) is 3.02. The molecule has 3 rings (SSSR count). The first kappa shape index (κ1) is 22.5. The van der Waals surface area contributed by atoms with Crippen molar-refractivity contribution in [2.75, 3.05) is 26.7 Å². The van der Waals surface area contributed by atoms with Gasteiger partial charge in [0.2, 0.25) is 10.0 Å². The Morgan fingerprint density at radius 2 is 1.73 bits per heavy atom. The molecular weight excluding hydrogens is 398 g/mol. The molecule has 2 aromatic rings. The highest BCUT2D eigenvalue weighted by Gasteiger charge is 2.26. The van der Waals surface area contributed by atoms with Crippen molar-refractivity contribution < 1.29 is 13.2 Å². The second kappa shape index (κ2) is 9.73. The van der Waals surface area contributed by atoms with Gasteiger partial charge in [0.25, 0.3) is 5.91 Å². The molecule has 0 aromatic heterocycles. The molecule has 30 heavy (non-hydrogen) atoms. The summed E-state index contributed by atoms with van der Waals surface area (Å²) in [6, 6.07) is 16.4. The lowest BCUT2D eigenvalue weighted by Crippen LogP contribution is -2.37. The number of benzene rings is 2. The molecule has 1 fully saturated rings. The van der Waals surface area contributed by atoms with Crippen molar-refractivity contribution in [3.63, 3.8) is 0 Å². The molecule has 2 aromatic carbocycles. The number of nitrogens with one attached hydrogen (secondary N) is 1. The van der Waals surface area contributed by atoms with Crippen molar-refractivity contribution in [1.82, 2.24) is 14.5 Å². The smallest absolute Gasteiger partial charge is 0.251 e. The van der Waals surface area contributed by atoms with Crippen molar-refractivity contribution in [2.24, 2.45) is 0 Å². The van der Waals surface area contributed by atoms with E-state index < -0.39 is 10.0 Å². The predicted octanol–water partition coefficient (Wildman–Crippen LogP) is 3.28. The lowest BCUT2D eigenvalue weighted by atomic mass is 10.1. The van der Waals surface area contributed by atoms with E-state index in [4.69, 9.17) is 0 Å². The molecule has 1 heterocycles. The average Bonchev–Trinajstić information content (AvgIpc) is 3.28. The van der Waals surface area contributed by atoms with Gasteiger partial charge in [0.15, 0.2) is 0 Å². The van der Waals surface area contributed by atoms with Gasteiger partial charge in [-0.15, -0.1) is 0 Å². The highest BCUT2D eigenvalue weighted by molar-refractivity contribution is 7.89. The summed E-state index contributed by atoms with van der Waals surface area (Å²) in [5.41, 5.74) is 1.52. The minimum atomic E-state index is -3.64. The van der Waals surface area contributed by atoms with Gasteiger partial charge < -0.3 is 5.32 Å². The van der Waals surface area contributed by atoms with Gasteiger partial charge in [-0.25, -0.2) is 8.42 Å². The first-order chi connectivity index (χ1) is 14.3. The molecule has 0 aliphatic carbocycles. The van der Waals surface area contributed by atoms with E-state index in [1.165, 1.54) is 34.8 Å². The van der Waals surface area contributed by atoms with Crippen LogP contribution in [0.5, 0.6) is 0 Å². The molecule has 0 spiro atoms. The molecule has 1 aliphatic rings. The van der Waals surface area contributed by atoms with Crippen LogP contribution in [-0.2, 0) is 10.0 Å². The van der Waals surface area contributed by atoms with Crippen LogP contribution in [0, 0.1) is 0 Å². The molecule has 0 radical (unpaired) electrons. The number of hydrogen-bond donors (Lipinski definition) is 1. The molecule has 7 heteroatoms. The fraction of sp³-hybridized carbons (Fsp3) is 0.435. The van der Waals surface area contributed by atoms with Gasteiger partial charge in [-0.3, -0.25) is 9.69 Å². The van der Waals surface area contributed by atoms with Crippen LogP contribution in [0.15, 0.2) is 59.5 Å². The number of nitrogens with zero attached hydrogens (tertiary/aromatic N) is 2. The van der Waals surface area contributed by atoms with Crippen molar-refractivity contribution in [1.29, 1.82) is 0 Å². The summed E-state index contributed by atoms with van der Waals surface area (Å²) in [6.45, 7) is 6.15. The summed E-state index contributed by atoms with van der Waals surface area (Å²) >= 11 is 0. The Kier molecular flexibility index (Phi) is 7.28. The number of likely N-dealkylation sites (tertiary alicyclic amines) is 1. The van der Waals surface area contributed by atoms with E-state index in [9.17, 15) is 13.2 Å². The standard InChI is InChI=1S/C23H31N3O3S/c1-18(2)25(3)30(28,29)21-13-9-12-20(16-21)23(27)24-17-22(26-14-7-8-15-26)19-10-5-4-6-11-19/h4-6,9-13,16,18,22H,7-8,14-15,17H2,1-3H3,(H,24,27). The highest BCUT2D eigenvalue weighted by atomic mass is 32.2. The largest absolute Gasteiger partial charge is 0.350 e. The van der Waals surface area contributed by atoms with Gasteiger partial charge in [0.05, 0.1) is 10.9 Å². The monoisotopic (exact) mass is 429 g/mol. The van der Waals surface area contributed by atoms with Crippen LogP contribution in [0.4, 0.5) is 0 Å². The van der Waals surface area contributed by atoms with Crippen LogP contribution in [0.1, 0.15) is 48.7 Å². The molecule has 0 saturated carbocycles. The van der Waals surface area contributed by atoms with E-state index in [2.05, 4.69) is 22.3 Å². The van der Waals surface area contributed by atoms with Crippen LogP contribution >= 0.6 is 0 Å². The summed E-state index contributed by atoms with van der Waals surface area (Å²) in [7, 11) is -2.09. The minimum Gasteiger partial charge on any atom is -0.350 e. The summed E-state index contributed by atoms with van der Waals surface area (Å²) in [5.74, 6) is -0.264. The van der Waals surface area contributed by atoms with E-state index in [0.29, 0.717) is 12.1 Å². The second-order valence-corrected chi connectivity index (χ2v) is 10.0. The first-order valence-corrected chi connectivity index (χ1v) is 11.9. The van der Waals surface area contributed by atoms with Crippen LogP contribution in [0.2, 0.25) is 0 Å². The molecule has 0 bridgehead atoms. The fourth-order valence-corrected chi connectivity index (χ4v) is 5.13. The number of carbonyl (C=O) groups excluding carboxylic acids is 1. The SMILES string of the molecule is CC(C)N(C)S(=O)(=O)c1cccc(C(=O)NCC(c2ccccc2)N2CCCC2)c1. The zero-order valence-electron chi connectivity index (χ0n) is 17.9. The van der Waals surface area contributed by atoms with Gasteiger partial charge >= 0.3 is 0 Å². The summed E-state index contributed by atoms with van der Waals surface area (Å²) < 4.78 is 26.8. The number of carbonyl (C=O) groups is 1. The Morgan fingerprint density at radius 1 is 1.07 bits per heavy atom. The van der Waals surface area contributed by atoms with Crippen molar-refractivity contribution in [3.8, 4) is 0 Å². The molecule has 6 nitrogen and oxygen atoms in total. The second-order valence-electron chi connectivity index (χ2n) is 8.02. The normalized spacial score (nSPS) is 16.2. The van der Waals surface area contributed by atoms with Crippen molar-refractivity contribution in [3.05, 3.63) is 65.7 Å². The van der Waals surface area contributed by atoms with Gasteiger partial charge in [0, 0.05) is 25.2 Å². The zero-order valence-corrected chi connectivity index (χ0v) is 18.7. The number of rotatable bonds is 8. The zero-order chi connectivity index (χ0) is 21.7. The maximum absolute atomic E-state index is 12.8. The third-order valence-electron chi connectivity index (χ3n) is 5.72. The minimum absolute atomic E-state index is 0.108. The van der Waals surface area contributed by atoms with Crippen molar-refractivity contribution >= 4 is 15.9 Å². The van der Waals surface area contributed by atoms with Gasteiger partial charge in [-0.2, -0.15) is 4.31 Å². The van der Waals surface area contributed by atoms with Crippen LogP contribution in [-0.4, -0.2) is 56.3 Å². The van der Waals surface area contributed by atoms with Crippen LogP contribution < -0.4 is 5.32 Å². The van der Waals surface area contributed by atoms with E-state index in [0.717, 1.165) is 13.1 Å². The maximum atomic E-state index is 12.8. The molecular formula is C23H31N3O3S. The van der Waals surface area contributed by atoms with E-state index in [-0.39, 0.29) is 22.9 Å². The number of amides is 1. The molecule has 1 N–H and O–H groups in total. The first-order valence-electron chi connectivity index (χ1n) is 10.5. The summed E-state index contributed by atoms with van der Waals surface area (Å²) in [4.78, 5) is 15.4. The Labute approximate surface area is 179 Å². The summed E-state index contributed by atoms with van der Waals surface area (Å²) in [6.07, 6.45) is 2.33. The van der Waals surface area contributed by atoms with E-state index >= 15 is 0 Å². The predicted molar refractivity (Wildman–Crippen MR) is 119 cm³/mol. The average molecular weight is 430 g/mol. The van der Waals surface area contributed by atoms with Gasteiger partial charge in [-0.1, -0.05) is 36.4 Å². The molecule has 1 aliphatic heterocycles. The van der Waals surface area contributed by atoms with E-state index in [1.54, 1.807) is 19.2 Å². The highest BCUT2D eigenvalue weighted by Crippen LogP contribution is 2.24. The van der Waals surface area contributed by atoms with E-state index in [1.807, 2.05) is 32.0 Å². The molecule has 162 valence electrons. The molecule has 1 saturated heterocycles. The molecule has 1 atom stereocenters. The quantitative estimate of drug-likeness (QED) is 0.699. The maximum Gasteiger partial charge on any atom is 0.251 e. The number of hydrogen-bond acceptors (Lipinski definition) is 4. The Hall–Kier alpha value is -2.22. The third kappa shape index (κ3) is 5.09. The fourth-order valence-electron chi connectivity index (χ4n) is 3.72. The Morgan fingerprint density at radius 3 is 2.37 bits per heavy atom. The van der Waals surface area contributed by atoms with Crippen LogP contribution in [0.25, 0.3) is 0 Å². The lowest BCUT2D eigenvalue weighted by Gasteiger charge is -2.28. The Balaban J connectivity index is 1.75. The van der Waals surface area contributed by atoms with Gasteiger partial charge in [-0.05, 0) is 63.5 Å². The van der Waals surface area contributed by atoms with Crippen LogP contribution in [0.3, 0.4) is 0 Å². The molecule has 1 amide bonds. The topological polar surface area (TPSA) is 69.7 Å². The third-order valence-corrected chi connectivity index (χ3v) is 7.75. The lowest BCUT2D eigenvalue weighted by molar-refractivity contribution is 0.0937. The number of sulfonamides is 1.